The Labute approximate surface area is 272 Å². The number of ketones is 1. The van der Waals surface area contributed by atoms with E-state index in [9.17, 15) is 27.6 Å². The van der Waals surface area contributed by atoms with E-state index in [1.165, 1.54) is 18.3 Å². The molecule has 0 saturated carbocycles. The summed E-state index contributed by atoms with van der Waals surface area (Å²) in [6, 6.07) is 16.0. The van der Waals surface area contributed by atoms with Crippen LogP contribution in [0.1, 0.15) is 69.9 Å². The molecular formula is C35H39F3N4O5. The number of nitrogens with zero attached hydrogens (tertiary/aromatic N) is 3. The molecule has 1 N–H and O–H groups in total. The number of carbonyl (C=O) groups excluding carboxylic acids is 3. The van der Waals surface area contributed by atoms with Gasteiger partial charge in [-0.1, -0.05) is 26.0 Å². The van der Waals surface area contributed by atoms with Crippen molar-refractivity contribution in [2.45, 2.75) is 52.1 Å². The second-order valence-electron chi connectivity index (χ2n) is 12.8. The number of alkyl halides is 3. The Balaban J connectivity index is 1.09. The van der Waals surface area contributed by atoms with E-state index in [-0.39, 0.29) is 46.4 Å². The number of hydrogen-bond acceptors (Lipinski definition) is 7. The van der Waals surface area contributed by atoms with Crippen LogP contribution in [-0.2, 0) is 6.54 Å². The van der Waals surface area contributed by atoms with Crippen LogP contribution in [0.15, 0.2) is 66.9 Å². The Morgan fingerprint density at radius 2 is 1.53 bits per heavy atom. The predicted octanol–water partition coefficient (Wildman–Crippen LogP) is 5.75. The first kappa shape index (κ1) is 33.9. The molecule has 2 aromatic carbocycles. The number of aromatic nitrogens is 1. The summed E-state index contributed by atoms with van der Waals surface area (Å²) < 4.78 is 46.5. The number of likely N-dealkylation sites (tertiary alicyclic amines) is 2. The average Bonchev–Trinajstić information content (AvgIpc) is 3.05. The number of benzene rings is 2. The Morgan fingerprint density at radius 3 is 2.11 bits per heavy atom. The van der Waals surface area contributed by atoms with Gasteiger partial charge in [-0.05, 0) is 78.8 Å². The molecule has 2 amide bonds. The number of Topliss-reactive ketones (excluding diaryl/α,β-unsaturated/α-hetero) is 1. The fraction of sp³-hybridized carbons (Fsp3) is 0.429. The lowest BCUT2D eigenvalue weighted by molar-refractivity contribution is -0.274. The van der Waals surface area contributed by atoms with Crippen molar-refractivity contribution in [1.82, 2.24) is 20.1 Å². The van der Waals surface area contributed by atoms with Gasteiger partial charge in [0.05, 0.1) is 12.7 Å². The molecule has 5 rings (SSSR count). The summed E-state index contributed by atoms with van der Waals surface area (Å²) in [6.45, 7) is 6.96. The van der Waals surface area contributed by atoms with E-state index in [2.05, 4.69) is 33.8 Å². The van der Waals surface area contributed by atoms with Gasteiger partial charge in [-0.15, -0.1) is 13.2 Å². The zero-order valence-electron chi connectivity index (χ0n) is 26.7. The summed E-state index contributed by atoms with van der Waals surface area (Å²) in [5.41, 5.74) is 1.81. The van der Waals surface area contributed by atoms with Gasteiger partial charge in [0.25, 0.3) is 11.8 Å². The Morgan fingerprint density at radius 1 is 0.894 bits per heavy atom. The minimum absolute atomic E-state index is 0.0650. The van der Waals surface area contributed by atoms with Crippen LogP contribution in [-0.4, -0.2) is 78.1 Å². The first-order valence-electron chi connectivity index (χ1n) is 15.6. The van der Waals surface area contributed by atoms with Crippen LogP contribution in [0.5, 0.6) is 11.5 Å². The molecule has 12 heteroatoms. The summed E-state index contributed by atoms with van der Waals surface area (Å²) in [6.07, 6.45) is -1.50. The quantitative estimate of drug-likeness (QED) is 0.294. The monoisotopic (exact) mass is 652 g/mol. The first-order chi connectivity index (χ1) is 22.3. The molecule has 2 saturated heterocycles. The normalized spacial score (nSPS) is 18.8. The molecule has 1 unspecified atom stereocenters. The number of halogens is 3. The number of rotatable bonds is 9. The van der Waals surface area contributed by atoms with Crippen molar-refractivity contribution in [2.24, 2.45) is 11.3 Å². The average molecular weight is 653 g/mol. The molecule has 47 heavy (non-hydrogen) atoms. The van der Waals surface area contributed by atoms with Crippen LogP contribution in [0.25, 0.3) is 0 Å². The number of carbonyl (C=O) groups is 3. The standard InChI is InChI=1S/C35H39F3N4O5/c1-34(2)22-41(21-23-4-9-28(10-5-23)47-35(36,37)38)17-16-30(34)40-32(44)26-8-13-29(39-20-26)33(45)42-18-14-25(15-19-42)31(43)24-6-11-27(46-3)12-7-24/h4-13,20,25,30H,14-19,21-22H2,1-3H3,(H,40,44). The number of piperidine rings is 2. The fourth-order valence-electron chi connectivity index (χ4n) is 6.32. The van der Waals surface area contributed by atoms with Gasteiger partial charge in [-0.25, -0.2) is 0 Å². The SMILES string of the molecule is COc1ccc(C(=O)C2CCN(C(=O)c3ccc(C(=O)NC4CCN(Cc5ccc(OC(F)(F)F)cc5)CC4(C)C)cn3)CC2)cc1. The zero-order chi connectivity index (χ0) is 33.8. The molecule has 9 nitrogen and oxygen atoms in total. The van der Waals surface area contributed by atoms with E-state index in [4.69, 9.17) is 4.74 Å². The topological polar surface area (TPSA) is 101 Å². The number of methoxy groups -OCH3 is 1. The molecule has 250 valence electrons. The third-order valence-corrected chi connectivity index (χ3v) is 8.95. The van der Waals surface area contributed by atoms with E-state index >= 15 is 0 Å². The molecule has 0 bridgehead atoms. The zero-order valence-corrected chi connectivity index (χ0v) is 26.7. The molecule has 0 radical (unpaired) electrons. The molecule has 2 aliphatic rings. The van der Waals surface area contributed by atoms with Crippen molar-refractivity contribution in [3.8, 4) is 11.5 Å². The molecule has 1 aromatic heterocycles. The highest BCUT2D eigenvalue weighted by atomic mass is 19.4. The molecule has 0 spiro atoms. The van der Waals surface area contributed by atoms with Gasteiger partial charge in [0.15, 0.2) is 5.78 Å². The van der Waals surface area contributed by atoms with Gasteiger partial charge in [-0.3, -0.25) is 24.3 Å². The van der Waals surface area contributed by atoms with E-state index in [1.807, 2.05) is 0 Å². The second-order valence-corrected chi connectivity index (χ2v) is 12.8. The van der Waals surface area contributed by atoms with Gasteiger partial charge >= 0.3 is 6.36 Å². The smallest absolute Gasteiger partial charge is 0.497 e. The number of amides is 2. The summed E-state index contributed by atoms with van der Waals surface area (Å²) in [7, 11) is 1.58. The molecule has 2 fully saturated rings. The minimum atomic E-state index is -4.73. The molecular weight excluding hydrogens is 613 g/mol. The van der Waals surface area contributed by atoms with Crippen LogP contribution < -0.4 is 14.8 Å². The molecule has 0 aliphatic carbocycles. The van der Waals surface area contributed by atoms with Crippen LogP contribution in [0, 0.1) is 11.3 Å². The molecule has 1 atom stereocenters. The van der Waals surface area contributed by atoms with Gasteiger partial charge < -0.3 is 19.7 Å². The molecule has 2 aliphatic heterocycles. The fourth-order valence-corrected chi connectivity index (χ4v) is 6.32. The summed E-state index contributed by atoms with van der Waals surface area (Å²) in [5, 5.41) is 3.12. The second kappa shape index (κ2) is 14.1. The van der Waals surface area contributed by atoms with Crippen LogP contribution in [0.2, 0.25) is 0 Å². The Kier molecular flexibility index (Phi) is 10.2. The maximum absolute atomic E-state index is 13.1. The van der Waals surface area contributed by atoms with Crippen molar-refractivity contribution < 1.29 is 37.0 Å². The van der Waals surface area contributed by atoms with Gasteiger partial charge in [0.2, 0.25) is 0 Å². The molecule has 3 heterocycles. The van der Waals surface area contributed by atoms with Crippen LogP contribution >= 0.6 is 0 Å². The van der Waals surface area contributed by atoms with Crippen molar-refractivity contribution in [2.75, 3.05) is 33.3 Å². The number of ether oxygens (including phenoxy) is 2. The van der Waals surface area contributed by atoms with E-state index in [0.29, 0.717) is 68.9 Å². The van der Waals surface area contributed by atoms with Gasteiger partial charge in [0, 0.05) is 56.4 Å². The highest BCUT2D eigenvalue weighted by Crippen LogP contribution is 2.31. The third-order valence-electron chi connectivity index (χ3n) is 8.95. The van der Waals surface area contributed by atoms with Crippen LogP contribution in [0.4, 0.5) is 13.2 Å². The van der Waals surface area contributed by atoms with Crippen LogP contribution in [0.3, 0.4) is 0 Å². The predicted molar refractivity (Wildman–Crippen MR) is 168 cm³/mol. The number of pyridine rings is 1. The van der Waals surface area contributed by atoms with Crippen molar-refractivity contribution >= 4 is 17.6 Å². The van der Waals surface area contributed by atoms with Gasteiger partial charge in [0.1, 0.15) is 17.2 Å². The lowest BCUT2D eigenvalue weighted by Crippen LogP contribution is -2.55. The highest BCUT2D eigenvalue weighted by molar-refractivity contribution is 5.99. The number of hydrogen-bond donors (Lipinski definition) is 1. The van der Waals surface area contributed by atoms with Crippen molar-refractivity contribution in [3.63, 3.8) is 0 Å². The van der Waals surface area contributed by atoms with Gasteiger partial charge in [-0.2, -0.15) is 0 Å². The number of nitrogens with one attached hydrogen (secondary N) is 1. The molecule has 3 aromatic rings. The largest absolute Gasteiger partial charge is 0.573 e. The summed E-state index contributed by atoms with van der Waals surface area (Å²) >= 11 is 0. The highest BCUT2D eigenvalue weighted by Gasteiger charge is 2.37. The Bertz CT molecular complexity index is 1550. The maximum atomic E-state index is 13.1. The first-order valence-corrected chi connectivity index (χ1v) is 15.6. The Hall–Kier alpha value is -4.45. The van der Waals surface area contributed by atoms with E-state index < -0.39 is 6.36 Å². The van der Waals surface area contributed by atoms with Crippen molar-refractivity contribution in [3.05, 3.63) is 89.2 Å². The third kappa shape index (κ3) is 8.68. The lowest BCUT2D eigenvalue weighted by Gasteiger charge is -2.44. The lowest BCUT2D eigenvalue weighted by atomic mass is 9.79. The van der Waals surface area contributed by atoms with E-state index in [1.54, 1.807) is 60.5 Å². The van der Waals surface area contributed by atoms with Crippen molar-refractivity contribution in [1.29, 1.82) is 0 Å². The summed E-state index contributed by atoms with van der Waals surface area (Å²) in [5.74, 6) is -0.168. The summed E-state index contributed by atoms with van der Waals surface area (Å²) in [4.78, 5) is 47.4. The minimum Gasteiger partial charge on any atom is -0.497 e. The maximum Gasteiger partial charge on any atom is 0.573 e. The van der Waals surface area contributed by atoms with E-state index in [0.717, 1.165) is 5.56 Å².